The summed E-state index contributed by atoms with van der Waals surface area (Å²) < 4.78 is 6.22. The molecular weight excluding hydrogens is 450 g/mol. The van der Waals surface area contributed by atoms with Crippen molar-refractivity contribution in [2.45, 2.75) is 64.5 Å². The lowest BCUT2D eigenvalue weighted by molar-refractivity contribution is -0.137. The van der Waals surface area contributed by atoms with Crippen LogP contribution >= 0.6 is 0 Å². The average Bonchev–Trinajstić information content (AvgIpc) is 3.41. The Labute approximate surface area is 216 Å². The number of likely N-dealkylation sites (N-methyl/N-ethyl adjacent to an activating group) is 1. The molecule has 1 aliphatic heterocycles. The van der Waals surface area contributed by atoms with Gasteiger partial charge in [-0.15, -0.1) is 0 Å². The Kier molecular flexibility index (Phi) is 8.68. The van der Waals surface area contributed by atoms with Crippen LogP contribution in [0.25, 0.3) is 0 Å². The quantitative estimate of drug-likeness (QED) is 0.561. The summed E-state index contributed by atoms with van der Waals surface area (Å²) in [5, 5.41) is 2.98. The van der Waals surface area contributed by atoms with Gasteiger partial charge in [0.1, 0.15) is 5.75 Å². The molecule has 0 radical (unpaired) electrons. The van der Waals surface area contributed by atoms with Crippen molar-refractivity contribution in [1.29, 1.82) is 0 Å². The SMILES string of the molecule is CC[C@@H](Oc1ccc2c(c1)[C@@H](c1ccc(C)cc1)N(C(=O)C1CCCC1)CC2)C(=O)NCCN(C)C. The second kappa shape index (κ2) is 11.9. The molecule has 0 unspecified atom stereocenters. The molecule has 1 fully saturated rings. The molecule has 6 nitrogen and oxygen atoms in total. The van der Waals surface area contributed by atoms with Crippen molar-refractivity contribution in [3.05, 3.63) is 64.7 Å². The molecule has 36 heavy (non-hydrogen) atoms. The third-order valence-electron chi connectivity index (χ3n) is 7.53. The number of nitrogens with zero attached hydrogens (tertiary/aromatic N) is 2. The van der Waals surface area contributed by atoms with Crippen molar-refractivity contribution in [2.75, 3.05) is 33.7 Å². The Balaban J connectivity index is 1.61. The fourth-order valence-electron chi connectivity index (χ4n) is 5.42. The highest BCUT2D eigenvalue weighted by molar-refractivity contribution is 5.81. The first kappa shape index (κ1) is 26.2. The van der Waals surface area contributed by atoms with Gasteiger partial charge in [0.25, 0.3) is 5.91 Å². The molecule has 6 heteroatoms. The molecular formula is C30H41N3O3. The molecule has 1 aliphatic carbocycles. The molecule has 1 N–H and O–H groups in total. The molecule has 0 bridgehead atoms. The zero-order valence-electron chi connectivity index (χ0n) is 22.3. The van der Waals surface area contributed by atoms with Gasteiger partial charge in [-0.2, -0.15) is 0 Å². The van der Waals surface area contributed by atoms with E-state index >= 15 is 0 Å². The van der Waals surface area contributed by atoms with Crippen molar-refractivity contribution in [3.63, 3.8) is 0 Å². The van der Waals surface area contributed by atoms with E-state index in [0.29, 0.717) is 18.7 Å². The van der Waals surface area contributed by atoms with Crippen LogP contribution in [-0.2, 0) is 16.0 Å². The van der Waals surface area contributed by atoms with E-state index in [1.54, 1.807) is 0 Å². The largest absolute Gasteiger partial charge is 0.481 e. The van der Waals surface area contributed by atoms with Gasteiger partial charge >= 0.3 is 0 Å². The number of hydrogen-bond acceptors (Lipinski definition) is 4. The second-order valence-electron chi connectivity index (χ2n) is 10.5. The lowest BCUT2D eigenvalue weighted by Gasteiger charge is -2.39. The van der Waals surface area contributed by atoms with Crippen LogP contribution in [0.1, 0.15) is 67.3 Å². The van der Waals surface area contributed by atoms with E-state index in [-0.39, 0.29) is 23.8 Å². The van der Waals surface area contributed by atoms with E-state index < -0.39 is 6.10 Å². The first-order valence-corrected chi connectivity index (χ1v) is 13.5. The smallest absolute Gasteiger partial charge is 0.261 e. The molecule has 1 heterocycles. The van der Waals surface area contributed by atoms with Crippen molar-refractivity contribution in [2.24, 2.45) is 5.92 Å². The summed E-state index contributed by atoms with van der Waals surface area (Å²) >= 11 is 0. The first-order valence-electron chi connectivity index (χ1n) is 13.5. The minimum Gasteiger partial charge on any atom is -0.481 e. The van der Waals surface area contributed by atoms with E-state index in [0.717, 1.165) is 56.3 Å². The van der Waals surface area contributed by atoms with Gasteiger partial charge in [-0.3, -0.25) is 9.59 Å². The molecule has 2 atom stereocenters. The zero-order valence-corrected chi connectivity index (χ0v) is 22.3. The zero-order chi connectivity index (χ0) is 25.7. The fraction of sp³-hybridized carbons (Fsp3) is 0.533. The number of rotatable bonds is 9. The summed E-state index contributed by atoms with van der Waals surface area (Å²) in [4.78, 5) is 30.5. The monoisotopic (exact) mass is 491 g/mol. The van der Waals surface area contributed by atoms with Crippen LogP contribution in [0.15, 0.2) is 42.5 Å². The van der Waals surface area contributed by atoms with Crippen molar-refractivity contribution >= 4 is 11.8 Å². The molecule has 4 rings (SSSR count). The standard InChI is InChI=1S/C30H41N3O3/c1-5-27(29(34)31-17-19-32(3)4)36-25-15-14-22-16-18-33(30(35)24-8-6-7-9-24)28(26(22)20-25)23-12-10-21(2)11-13-23/h10-15,20,24,27-28H,5-9,16-19H2,1-4H3,(H,31,34)/t27-,28-/m1/s1. The molecule has 2 aromatic carbocycles. The number of amides is 2. The molecule has 0 aromatic heterocycles. The Bertz CT molecular complexity index is 1040. The number of fused-ring (bicyclic) bond motifs is 1. The van der Waals surface area contributed by atoms with Crippen LogP contribution in [0, 0.1) is 12.8 Å². The maximum atomic E-state index is 13.6. The van der Waals surface area contributed by atoms with Gasteiger partial charge in [-0.25, -0.2) is 0 Å². The van der Waals surface area contributed by atoms with E-state index in [1.807, 2.05) is 32.0 Å². The van der Waals surface area contributed by atoms with Gasteiger partial charge in [-0.05, 0) is 75.5 Å². The van der Waals surface area contributed by atoms with Gasteiger partial charge in [0.05, 0.1) is 6.04 Å². The van der Waals surface area contributed by atoms with Crippen molar-refractivity contribution in [1.82, 2.24) is 15.1 Å². The fourth-order valence-corrected chi connectivity index (χ4v) is 5.42. The number of ether oxygens (including phenoxy) is 1. The minimum absolute atomic E-state index is 0.0924. The second-order valence-corrected chi connectivity index (χ2v) is 10.5. The van der Waals surface area contributed by atoms with Crippen LogP contribution in [0.2, 0.25) is 0 Å². The van der Waals surface area contributed by atoms with Crippen molar-refractivity contribution in [3.8, 4) is 5.75 Å². The lowest BCUT2D eigenvalue weighted by Crippen LogP contribution is -2.43. The van der Waals surface area contributed by atoms with Gasteiger partial charge in [-0.1, -0.05) is 55.7 Å². The topological polar surface area (TPSA) is 61.9 Å². The molecule has 0 saturated heterocycles. The number of carbonyl (C=O) groups excluding carboxylic acids is 2. The molecule has 1 saturated carbocycles. The van der Waals surface area contributed by atoms with E-state index in [1.165, 1.54) is 11.1 Å². The third-order valence-corrected chi connectivity index (χ3v) is 7.53. The van der Waals surface area contributed by atoms with Gasteiger partial charge in [0, 0.05) is 25.6 Å². The van der Waals surface area contributed by atoms with E-state index in [4.69, 9.17) is 4.74 Å². The van der Waals surface area contributed by atoms with Crippen LogP contribution in [0.4, 0.5) is 0 Å². The van der Waals surface area contributed by atoms with Crippen LogP contribution in [0.3, 0.4) is 0 Å². The summed E-state index contributed by atoms with van der Waals surface area (Å²) in [6, 6.07) is 14.5. The highest BCUT2D eigenvalue weighted by atomic mass is 16.5. The normalized spacial score (nSPS) is 18.7. The maximum Gasteiger partial charge on any atom is 0.261 e. The highest BCUT2D eigenvalue weighted by Crippen LogP contribution is 2.40. The van der Waals surface area contributed by atoms with Gasteiger partial charge in [0.2, 0.25) is 5.91 Å². The summed E-state index contributed by atoms with van der Waals surface area (Å²) in [7, 11) is 3.97. The Hall–Kier alpha value is -2.86. The lowest BCUT2D eigenvalue weighted by atomic mass is 9.86. The number of benzene rings is 2. The molecule has 0 spiro atoms. The predicted molar refractivity (Wildman–Crippen MR) is 143 cm³/mol. The maximum absolute atomic E-state index is 13.6. The number of nitrogens with one attached hydrogen (secondary N) is 1. The summed E-state index contributed by atoms with van der Waals surface area (Å²) in [6.45, 7) is 6.15. The van der Waals surface area contributed by atoms with E-state index in [2.05, 4.69) is 53.5 Å². The van der Waals surface area contributed by atoms with Crippen LogP contribution < -0.4 is 10.1 Å². The van der Waals surface area contributed by atoms with E-state index in [9.17, 15) is 9.59 Å². The molecule has 2 amide bonds. The number of hydrogen-bond donors (Lipinski definition) is 1. The molecule has 2 aromatic rings. The summed E-state index contributed by atoms with van der Waals surface area (Å²) in [5.41, 5.74) is 4.67. The summed E-state index contributed by atoms with van der Waals surface area (Å²) in [5.74, 6) is 0.997. The average molecular weight is 492 g/mol. The molecule has 2 aliphatic rings. The highest BCUT2D eigenvalue weighted by Gasteiger charge is 2.36. The van der Waals surface area contributed by atoms with Crippen molar-refractivity contribution < 1.29 is 14.3 Å². The number of aryl methyl sites for hydroxylation is 1. The first-order chi connectivity index (χ1) is 17.4. The third kappa shape index (κ3) is 6.09. The Morgan fingerprint density at radius 2 is 1.83 bits per heavy atom. The van der Waals surface area contributed by atoms with Crippen LogP contribution in [-0.4, -0.2) is 61.4 Å². The predicted octanol–water partition coefficient (Wildman–Crippen LogP) is 4.49. The number of carbonyl (C=O) groups is 2. The van der Waals surface area contributed by atoms with Crippen LogP contribution in [0.5, 0.6) is 5.75 Å². The van der Waals surface area contributed by atoms with Gasteiger partial charge < -0.3 is 19.9 Å². The summed E-state index contributed by atoms with van der Waals surface area (Å²) in [6.07, 6.45) is 5.13. The van der Waals surface area contributed by atoms with Gasteiger partial charge in [0.15, 0.2) is 6.10 Å². The Morgan fingerprint density at radius 1 is 1.11 bits per heavy atom. The minimum atomic E-state index is -0.553. The Morgan fingerprint density at radius 3 is 2.50 bits per heavy atom. The molecule has 194 valence electrons.